The van der Waals surface area contributed by atoms with Gasteiger partial charge in [-0.3, -0.25) is 0 Å². The van der Waals surface area contributed by atoms with Crippen molar-refractivity contribution in [3.05, 3.63) is 24.3 Å². The fourth-order valence-electron chi connectivity index (χ4n) is 0.849. The highest BCUT2D eigenvalue weighted by molar-refractivity contribution is 5.45. The number of anilines is 1. The summed E-state index contributed by atoms with van der Waals surface area (Å²) in [5.41, 5.74) is 1.00. The highest BCUT2D eigenvalue weighted by Gasteiger charge is 1.94. The molecule has 0 saturated carbocycles. The van der Waals surface area contributed by atoms with Crippen LogP contribution >= 0.6 is 0 Å². The van der Waals surface area contributed by atoms with Crippen LogP contribution in [0.2, 0.25) is 0 Å². The Balaban J connectivity index is 2.48. The van der Waals surface area contributed by atoms with Crippen molar-refractivity contribution in [1.29, 1.82) is 0 Å². The average molecular weight is 164 g/mol. The van der Waals surface area contributed by atoms with E-state index in [-0.39, 0.29) is 5.75 Å². The monoisotopic (exact) mass is 164 g/mol. The van der Waals surface area contributed by atoms with Gasteiger partial charge in [0.05, 0.1) is 0 Å². The lowest BCUT2D eigenvalue weighted by Crippen LogP contribution is -2.07. The Morgan fingerprint density at radius 1 is 1.50 bits per heavy atom. The second kappa shape index (κ2) is 4.00. The van der Waals surface area contributed by atoms with Gasteiger partial charge in [0.2, 0.25) is 0 Å². The Labute approximate surface area is 73.2 Å². The van der Waals surface area contributed by atoms with Crippen LogP contribution in [0.1, 0.15) is 13.8 Å². The molecule has 0 atom stereocenters. The lowest BCUT2D eigenvalue weighted by molar-refractivity contribution is 0.474. The zero-order valence-electron chi connectivity index (χ0n) is 7.46. The first-order valence-electron chi connectivity index (χ1n) is 4.13. The van der Waals surface area contributed by atoms with Crippen LogP contribution in [0.3, 0.4) is 0 Å². The van der Waals surface area contributed by atoms with Gasteiger partial charge >= 0.3 is 0 Å². The van der Waals surface area contributed by atoms with Crippen LogP contribution in [0.5, 0.6) is 5.75 Å². The van der Waals surface area contributed by atoms with Gasteiger partial charge in [-0.05, 0) is 24.1 Å². The molecule has 0 heterocycles. The summed E-state index contributed by atoms with van der Waals surface area (Å²) < 4.78 is 0. The molecule has 0 fully saturated rings. The Bertz CT molecular complexity index is 228. The molecule has 1 aromatic carbocycles. The van der Waals surface area contributed by atoms with E-state index in [1.807, 2.05) is 6.07 Å². The number of hydrogen-bond donors (Lipinski definition) is 2. The third-order valence-electron chi connectivity index (χ3n) is 1.51. The molecule has 0 aliphatic rings. The minimum Gasteiger partial charge on any atom is -0.507 e. The van der Waals surface area contributed by atoms with Crippen molar-refractivity contribution in [2.75, 3.05) is 11.9 Å². The Hall–Kier alpha value is -1.18. The predicted molar refractivity (Wildman–Crippen MR) is 50.3 cm³/mol. The van der Waals surface area contributed by atoms with Gasteiger partial charge in [0.15, 0.2) is 0 Å². The van der Waals surface area contributed by atoms with Crippen molar-refractivity contribution in [1.82, 2.24) is 0 Å². The molecule has 0 aliphatic heterocycles. The van der Waals surface area contributed by atoms with E-state index in [1.54, 1.807) is 12.1 Å². The summed E-state index contributed by atoms with van der Waals surface area (Å²) in [6, 6.07) is 7.93. The summed E-state index contributed by atoms with van der Waals surface area (Å²) in [5, 5.41) is 12.2. The molecule has 0 aromatic heterocycles. The molecule has 2 N–H and O–H groups in total. The highest BCUT2D eigenvalue weighted by Crippen LogP contribution is 2.12. The van der Waals surface area contributed by atoms with E-state index in [4.69, 9.17) is 5.11 Å². The largest absolute Gasteiger partial charge is 0.507 e. The molecule has 1 rings (SSSR count). The van der Waals surface area contributed by atoms with E-state index >= 15 is 0 Å². The molecule has 0 saturated heterocycles. The third kappa shape index (κ3) is 2.82. The van der Waals surface area contributed by atoms with Gasteiger partial charge in [0.25, 0.3) is 0 Å². The van der Waals surface area contributed by atoms with E-state index < -0.39 is 0 Å². The Kier molecular flexibility index (Phi) is 2.97. The van der Waals surface area contributed by atoms with Crippen molar-refractivity contribution < 1.29 is 5.11 Å². The van der Waals surface area contributed by atoms with E-state index in [1.165, 1.54) is 0 Å². The molecule has 1 radical (unpaired) electrons. The van der Waals surface area contributed by atoms with Gasteiger partial charge in [-0.15, -0.1) is 0 Å². The summed E-state index contributed by atoms with van der Waals surface area (Å²) in [4.78, 5) is 0. The molecule has 12 heavy (non-hydrogen) atoms. The molecular weight excluding hydrogens is 150 g/mol. The van der Waals surface area contributed by atoms with Crippen LogP contribution in [0.4, 0.5) is 5.69 Å². The normalized spacial score (nSPS) is 10.2. The van der Waals surface area contributed by atoms with Crippen molar-refractivity contribution >= 4 is 5.69 Å². The maximum absolute atomic E-state index is 8.95. The van der Waals surface area contributed by atoms with E-state index in [0.29, 0.717) is 5.92 Å². The molecule has 2 heteroatoms. The van der Waals surface area contributed by atoms with E-state index in [2.05, 4.69) is 25.2 Å². The topological polar surface area (TPSA) is 32.3 Å². The number of phenols is 1. The second-order valence-electron chi connectivity index (χ2n) is 3.24. The summed E-state index contributed by atoms with van der Waals surface area (Å²) in [5.74, 6) is 0.809. The SMILES string of the molecule is CC(C)CNc1c[c]c(O)cc1. The Morgan fingerprint density at radius 2 is 2.25 bits per heavy atom. The highest BCUT2D eigenvalue weighted by atomic mass is 16.3. The van der Waals surface area contributed by atoms with E-state index in [0.717, 1.165) is 12.2 Å². The molecule has 0 bridgehead atoms. The molecular formula is C10H14NO. The number of nitrogens with one attached hydrogen (secondary N) is 1. The van der Waals surface area contributed by atoms with Gasteiger partial charge in [-0.1, -0.05) is 13.8 Å². The van der Waals surface area contributed by atoms with Gasteiger partial charge in [0, 0.05) is 18.3 Å². The van der Waals surface area contributed by atoms with Crippen molar-refractivity contribution in [2.45, 2.75) is 13.8 Å². The minimum atomic E-state index is 0.185. The smallest absolute Gasteiger partial charge is 0.123 e. The van der Waals surface area contributed by atoms with Gasteiger partial charge in [-0.25, -0.2) is 0 Å². The van der Waals surface area contributed by atoms with Gasteiger partial charge in [0.1, 0.15) is 5.75 Å². The Morgan fingerprint density at radius 3 is 2.75 bits per heavy atom. The molecule has 0 unspecified atom stereocenters. The quantitative estimate of drug-likeness (QED) is 0.671. The van der Waals surface area contributed by atoms with Gasteiger partial charge in [-0.2, -0.15) is 0 Å². The van der Waals surface area contributed by atoms with Crippen molar-refractivity contribution in [3.8, 4) is 5.75 Å². The van der Waals surface area contributed by atoms with E-state index in [9.17, 15) is 0 Å². The molecule has 0 spiro atoms. The third-order valence-corrected chi connectivity index (χ3v) is 1.51. The average Bonchev–Trinajstić information content (AvgIpc) is 2.03. The standard InChI is InChI=1S/C10H14NO/c1-8(2)7-11-9-3-5-10(12)6-4-9/h3-5,8,11-12H,7H2,1-2H3. The van der Waals surface area contributed by atoms with Gasteiger partial charge < -0.3 is 10.4 Å². The maximum atomic E-state index is 8.95. The van der Waals surface area contributed by atoms with Crippen molar-refractivity contribution in [2.24, 2.45) is 5.92 Å². The second-order valence-corrected chi connectivity index (χ2v) is 3.24. The van der Waals surface area contributed by atoms with Crippen LogP contribution in [0.15, 0.2) is 18.2 Å². The molecule has 0 amide bonds. The van der Waals surface area contributed by atoms with Crippen LogP contribution < -0.4 is 5.32 Å². The summed E-state index contributed by atoms with van der Waals surface area (Å²) >= 11 is 0. The number of benzene rings is 1. The number of rotatable bonds is 3. The van der Waals surface area contributed by atoms with Crippen molar-refractivity contribution in [3.63, 3.8) is 0 Å². The number of aromatic hydroxyl groups is 1. The predicted octanol–water partition coefficient (Wildman–Crippen LogP) is 2.26. The fraction of sp³-hybridized carbons (Fsp3) is 0.400. The lowest BCUT2D eigenvalue weighted by atomic mass is 10.2. The first-order chi connectivity index (χ1) is 5.68. The maximum Gasteiger partial charge on any atom is 0.123 e. The molecule has 2 nitrogen and oxygen atoms in total. The zero-order valence-corrected chi connectivity index (χ0v) is 7.46. The van der Waals surface area contributed by atoms with Crippen LogP contribution in [0, 0.1) is 12.0 Å². The summed E-state index contributed by atoms with van der Waals surface area (Å²) in [6.45, 7) is 5.24. The molecule has 65 valence electrons. The first-order valence-corrected chi connectivity index (χ1v) is 4.13. The van der Waals surface area contributed by atoms with Crippen LogP contribution in [-0.4, -0.2) is 11.7 Å². The molecule has 0 aliphatic carbocycles. The minimum absolute atomic E-state index is 0.185. The first kappa shape index (κ1) is 8.91. The number of phenolic OH excluding ortho intramolecular Hbond substituents is 1. The fourth-order valence-corrected chi connectivity index (χ4v) is 0.849. The lowest BCUT2D eigenvalue weighted by Gasteiger charge is -2.08. The zero-order chi connectivity index (χ0) is 8.97. The number of hydrogen-bond acceptors (Lipinski definition) is 2. The summed E-state index contributed by atoms with van der Waals surface area (Å²) in [7, 11) is 0. The van der Waals surface area contributed by atoms with Crippen LogP contribution in [0.25, 0.3) is 0 Å². The molecule has 1 aromatic rings. The van der Waals surface area contributed by atoms with Crippen LogP contribution in [-0.2, 0) is 0 Å². The summed E-state index contributed by atoms with van der Waals surface area (Å²) in [6.07, 6.45) is 0.